The van der Waals surface area contributed by atoms with Crippen LogP contribution >= 0.6 is 0 Å². The Bertz CT molecular complexity index is 1130. The molecule has 0 radical (unpaired) electrons. The Labute approximate surface area is 190 Å². The molecule has 1 heterocycles. The van der Waals surface area contributed by atoms with E-state index in [0.717, 1.165) is 46.1 Å². The molecule has 0 unspecified atom stereocenters. The SMILES string of the molecule is Cc1cc(C=Nc2ccc(C34CC5CC(CC(C5)C3)C4)cc2)c(C)n1-c1ccc(O)cc1. The van der Waals surface area contributed by atoms with E-state index in [0.29, 0.717) is 5.41 Å². The summed E-state index contributed by atoms with van der Waals surface area (Å²) in [6, 6.07) is 18.7. The number of aryl methyl sites for hydroxylation is 1. The van der Waals surface area contributed by atoms with E-state index in [4.69, 9.17) is 4.99 Å². The second-order valence-corrected chi connectivity index (χ2v) is 10.7. The van der Waals surface area contributed by atoms with Crippen LogP contribution in [0.3, 0.4) is 0 Å². The van der Waals surface area contributed by atoms with E-state index in [1.165, 1.54) is 38.5 Å². The van der Waals surface area contributed by atoms with Gasteiger partial charge in [-0.15, -0.1) is 0 Å². The minimum Gasteiger partial charge on any atom is -0.508 e. The lowest BCUT2D eigenvalue weighted by Crippen LogP contribution is -2.48. The molecule has 32 heavy (non-hydrogen) atoms. The first-order chi connectivity index (χ1) is 15.5. The van der Waals surface area contributed by atoms with Crippen LogP contribution in [0.4, 0.5) is 5.69 Å². The lowest BCUT2D eigenvalue weighted by molar-refractivity contribution is -0.00518. The van der Waals surface area contributed by atoms with E-state index in [-0.39, 0.29) is 5.75 Å². The highest BCUT2D eigenvalue weighted by Crippen LogP contribution is 2.60. The largest absolute Gasteiger partial charge is 0.508 e. The van der Waals surface area contributed by atoms with Gasteiger partial charge in [0.15, 0.2) is 0 Å². The number of benzene rings is 2. The van der Waals surface area contributed by atoms with Crippen LogP contribution in [0.1, 0.15) is 61.0 Å². The first-order valence-corrected chi connectivity index (χ1v) is 12.1. The van der Waals surface area contributed by atoms with E-state index < -0.39 is 0 Å². The summed E-state index contributed by atoms with van der Waals surface area (Å²) in [5.41, 5.74) is 7.52. The van der Waals surface area contributed by atoms with E-state index in [9.17, 15) is 5.11 Å². The van der Waals surface area contributed by atoms with Crippen molar-refractivity contribution in [1.29, 1.82) is 0 Å². The summed E-state index contributed by atoms with van der Waals surface area (Å²) in [4.78, 5) is 4.81. The van der Waals surface area contributed by atoms with Crippen LogP contribution in [0.2, 0.25) is 0 Å². The summed E-state index contributed by atoms with van der Waals surface area (Å²) in [6.07, 6.45) is 10.7. The van der Waals surface area contributed by atoms with Crippen molar-refractivity contribution < 1.29 is 5.11 Å². The fourth-order valence-corrected chi connectivity index (χ4v) is 7.43. The molecule has 3 heteroatoms. The Balaban J connectivity index is 1.23. The number of aromatic hydroxyl groups is 1. The second kappa shape index (κ2) is 7.37. The zero-order chi connectivity index (χ0) is 21.9. The lowest BCUT2D eigenvalue weighted by atomic mass is 9.48. The van der Waals surface area contributed by atoms with Gasteiger partial charge in [-0.2, -0.15) is 0 Å². The van der Waals surface area contributed by atoms with Gasteiger partial charge in [-0.3, -0.25) is 4.99 Å². The summed E-state index contributed by atoms with van der Waals surface area (Å²) in [5.74, 6) is 3.21. The molecule has 0 atom stereocenters. The summed E-state index contributed by atoms with van der Waals surface area (Å²) in [6.45, 7) is 4.23. The number of hydrogen-bond acceptors (Lipinski definition) is 2. The zero-order valence-electron chi connectivity index (χ0n) is 19.1. The molecule has 1 aromatic heterocycles. The molecule has 0 saturated heterocycles. The lowest BCUT2D eigenvalue weighted by Gasteiger charge is -2.57. The molecular formula is C29H32N2O. The van der Waals surface area contributed by atoms with Crippen molar-refractivity contribution in [2.24, 2.45) is 22.7 Å². The summed E-state index contributed by atoms with van der Waals surface area (Å²) in [5, 5.41) is 9.59. The van der Waals surface area contributed by atoms with Gasteiger partial charge in [-0.05, 0) is 124 Å². The number of rotatable bonds is 4. The number of phenols is 1. The standard InChI is InChI=1S/C29H32N2O/c1-19-11-24(20(2)31(19)27-7-9-28(32)10-8-27)18-30-26-5-3-25(4-6-26)29-15-21-12-22(16-29)14-23(13-21)17-29/h3-11,18,21-23,32H,12-17H2,1-2H3. The molecule has 1 N–H and O–H groups in total. The second-order valence-electron chi connectivity index (χ2n) is 10.7. The van der Waals surface area contributed by atoms with Crippen molar-refractivity contribution in [3.63, 3.8) is 0 Å². The Kier molecular flexibility index (Phi) is 4.57. The molecule has 2 aromatic carbocycles. The minimum atomic E-state index is 0.287. The molecule has 4 aliphatic rings. The average Bonchev–Trinajstić information content (AvgIpc) is 3.05. The number of nitrogens with zero attached hydrogens (tertiary/aromatic N) is 2. The summed E-state index contributed by atoms with van der Waals surface area (Å²) >= 11 is 0. The molecule has 0 aliphatic heterocycles. The predicted molar refractivity (Wildman–Crippen MR) is 130 cm³/mol. The van der Waals surface area contributed by atoms with Gasteiger partial charge in [-0.1, -0.05) is 12.1 Å². The number of aliphatic imine (C=N–C) groups is 1. The minimum absolute atomic E-state index is 0.287. The van der Waals surface area contributed by atoms with Crippen LogP contribution < -0.4 is 0 Å². The molecular weight excluding hydrogens is 392 g/mol. The Morgan fingerprint density at radius 2 is 1.47 bits per heavy atom. The molecule has 7 rings (SSSR count). The van der Waals surface area contributed by atoms with Gasteiger partial charge in [0.2, 0.25) is 0 Å². The van der Waals surface area contributed by atoms with Gasteiger partial charge in [-0.25, -0.2) is 0 Å². The Morgan fingerprint density at radius 3 is 2.06 bits per heavy atom. The van der Waals surface area contributed by atoms with Gasteiger partial charge in [0.1, 0.15) is 5.75 Å². The van der Waals surface area contributed by atoms with Crippen molar-refractivity contribution in [3.05, 3.63) is 77.1 Å². The van der Waals surface area contributed by atoms with E-state index in [1.807, 2.05) is 18.3 Å². The third-order valence-corrected chi connectivity index (χ3v) is 8.45. The molecule has 4 fully saturated rings. The quantitative estimate of drug-likeness (QED) is 0.449. The third kappa shape index (κ3) is 3.30. The van der Waals surface area contributed by atoms with Gasteiger partial charge in [0.05, 0.1) is 5.69 Å². The molecule has 4 bridgehead atoms. The maximum absolute atomic E-state index is 9.59. The maximum Gasteiger partial charge on any atom is 0.115 e. The first kappa shape index (κ1) is 19.8. The van der Waals surface area contributed by atoms with Crippen molar-refractivity contribution in [3.8, 4) is 11.4 Å². The predicted octanol–water partition coefficient (Wildman–Crippen LogP) is 7.02. The Morgan fingerprint density at radius 1 is 0.875 bits per heavy atom. The van der Waals surface area contributed by atoms with Crippen LogP contribution in [0.15, 0.2) is 59.6 Å². The normalized spacial score (nSPS) is 28.6. The van der Waals surface area contributed by atoms with Crippen molar-refractivity contribution in [1.82, 2.24) is 4.57 Å². The van der Waals surface area contributed by atoms with Gasteiger partial charge < -0.3 is 9.67 Å². The third-order valence-electron chi connectivity index (χ3n) is 8.45. The van der Waals surface area contributed by atoms with E-state index in [1.54, 1.807) is 17.7 Å². The van der Waals surface area contributed by atoms with E-state index in [2.05, 4.69) is 48.7 Å². The molecule has 164 valence electrons. The maximum atomic E-state index is 9.59. The van der Waals surface area contributed by atoms with Gasteiger partial charge >= 0.3 is 0 Å². The summed E-state index contributed by atoms with van der Waals surface area (Å²) < 4.78 is 2.21. The van der Waals surface area contributed by atoms with Gasteiger partial charge in [0.25, 0.3) is 0 Å². The molecule has 3 aromatic rings. The number of hydrogen-bond donors (Lipinski definition) is 1. The molecule has 4 saturated carbocycles. The molecule has 0 amide bonds. The highest BCUT2D eigenvalue weighted by atomic mass is 16.3. The number of phenolic OH excluding ortho intramolecular Hbond substituents is 1. The average molecular weight is 425 g/mol. The molecule has 4 aliphatic carbocycles. The van der Waals surface area contributed by atoms with Crippen LogP contribution in [-0.4, -0.2) is 15.9 Å². The van der Waals surface area contributed by atoms with Crippen molar-refractivity contribution >= 4 is 11.9 Å². The smallest absolute Gasteiger partial charge is 0.115 e. The van der Waals surface area contributed by atoms with E-state index >= 15 is 0 Å². The van der Waals surface area contributed by atoms with Crippen LogP contribution in [0, 0.1) is 31.6 Å². The van der Waals surface area contributed by atoms with Crippen molar-refractivity contribution in [2.75, 3.05) is 0 Å². The number of aromatic nitrogens is 1. The van der Waals surface area contributed by atoms with Crippen molar-refractivity contribution in [2.45, 2.75) is 57.8 Å². The summed E-state index contributed by atoms with van der Waals surface area (Å²) in [7, 11) is 0. The fourth-order valence-electron chi connectivity index (χ4n) is 7.43. The first-order valence-electron chi connectivity index (χ1n) is 12.1. The zero-order valence-corrected chi connectivity index (χ0v) is 19.1. The van der Waals surface area contributed by atoms with Crippen LogP contribution in [0.5, 0.6) is 5.75 Å². The highest BCUT2D eigenvalue weighted by Gasteiger charge is 2.51. The monoisotopic (exact) mass is 424 g/mol. The Hall–Kier alpha value is -2.81. The molecule has 3 nitrogen and oxygen atoms in total. The van der Waals surface area contributed by atoms with Crippen LogP contribution in [-0.2, 0) is 5.41 Å². The fraction of sp³-hybridized carbons (Fsp3) is 0.414. The van der Waals surface area contributed by atoms with Gasteiger partial charge in [0, 0.05) is 28.9 Å². The van der Waals surface area contributed by atoms with Crippen LogP contribution in [0.25, 0.3) is 5.69 Å². The highest BCUT2D eigenvalue weighted by molar-refractivity contribution is 5.84. The topological polar surface area (TPSA) is 37.5 Å². The molecule has 0 spiro atoms.